The molecule has 4 N–H and O–H groups in total. The van der Waals surface area contributed by atoms with Crippen LogP contribution in [0.4, 0.5) is 16.3 Å². The van der Waals surface area contributed by atoms with E-state index < -0.39 is 11.8 Å². The monoisotopic (exact) mass is 508 g/mol. The van der Waals surface area contributed by atoms with E-state index in [1.165, 1.54) is 0 Å². The van der Waals surface area contributed by atoms with Crippen molar-refractivity contribution in [3.05, 3.63) is 89.6 Å². The number of nitrogens with two attached hydrogens (primary N) is 1. The molecule has 2 aromatic carbocycles. The van der Waals surface area contributed by atoms with Crippen LogP contribution in [0.25, 0.3) is 22.7 Å². The molecule has 5 rings (SSSR count). The van der Waals surface area contributed by atoms with Gasteiger partial charge >= 0.3 is 6.03 Å². The number of hydrogen-bond acceptors (Lipinski definition) is 4. The fourth-order valence-electron chi connectivity index (χ4n) is 4.50. The smallest absolute Gasteiger partial charge is 0.324 e. The molecule has 192 valence electrons. The normalized spacial score (nSPS) is 14.7. The molecule has 9 nitrogen and oxygen atoms in total. The van der Waals surface area contributed by atoms with E-state index in [1.807, 2.05) is 67.6 Å². The van der Waals surface area contributed by atoms with Crippen molar-refractivity contribution < 1.29 is 14.4 Å². The largest absolute Gasteiger partial charge is 0.366 e. The first-order chi connectivity index (χ1) is 18.3. The van der Waals surface area contributed by atoms with Gasteiger partial charge < -0.3 is 20.9 Å². The van der Waals surface area contributed by atoms with Crippen molar-refractivity contribution in [2.75, 3.05) is 30.4 Å². The molecule has 4 amide bonds. The van der Waals surface area contributed by atoms with E-state index in [2.05, 4.69) is 15.3 Å². The molecule has 0 aliphatic carbocycles. The predicted molar refractivity (Wildman–Crippen MR) is 148 cm³/mol. The number of likely N-dealkylation sites (N-methyl/N-ethyl adjacent to an activating group) is 1. The summed E-state index contributed by atoms with van der Waals surface area (Å²) < 4.78 is 0. The van der Waals surface area contributed by atoms with Crippen LogP contribution in [0.3, 0.4) is 0 Å². The number of H-pyrrole nitrogens is 1. The molecule has 1 unspecified atom stereocenters. The molecule has 4 aromatic rings. The second kappa shape index (κ2) is 10.2. The number of nitrogens with one attached hydrogen (secondary N) is 2. The highest BCUT2D eigenvalue weighted by Gasteiger charge is 2.26. The predicted octanol–water partition coefficient (Wildman–Crippen LogP) is 4.20. The maximum atomic E-state index is 13.0. The van der Waals surface area contributed by atoms with E-state index in [-0.39, 0.29) is 11.9 Å². The molecule has 0 spiro atoms. The number of hydrogen-bond donors (Lipinski definition) is 3. The van der Waals surface area contributed by atoms with Gasteiger partial charge in [-0.25, -0.2) is 9.78 Å². The zero-order valence-electron chi connectivity index (χ0n) is 21.1. The molecule has 1 aliphatic rings. The molecule has 0 saturated carbocycles. The van der Waals surface area contributed by atoms with E-state index in [0.29, 0.717) is 30.1 Å². The Bertz CT molecular complexity index is 1540. The Hall–Kier alpha value is -4.92. The van der Waals surface area contributed by atoms with Crippen LogP contribution in [-0.2, 0) is 9.59 Å². The third kappa shape index (κ3) is 4.86. The molecule has 0 bridgehead atoms. The molecule has 2 aromatic heterocycles. The van der Waals surface area contributed by atoms with E-state index in [9.17, 15) is 14.4 Å². The third-order valence-electron chi connectivity index (χ3n) is 6.79. The molecule has 1 atom stereocenters. The van der Waals surface area contributed by atoms with Gasteiger partial charge in [0.15, 0.2) is 0 Å². The van der Waals surface area contributed by atoms with Crippen molar-refractivity contribution >= 4 is 52.0 Å². The summed E-state index contributed by atoms with van der Waals surface area (Å²) in [7, 11) is 1.78. The summed E-state index contributed by atoms with van der Waals surface area (Å²) >= 11 is 0. The maximum Gasteiger partial charge on any atom is 0.324 e. The molecule has 38 heavy (non-hydrogen) atoms. The molecule has 1 fully saturated rings. The lowest BCUT2D eigenvalue weighted by Crippen LogP contribution is -2.29. The Labute approximate surface area is 220 Å². The summed E-state index contributed by atoms with van der Waals surface area (Å²) in [5.74, 6) is -0.742. The van der Waals surface area contributed by atoms with Crippen molar-refractivity contribution in [3.8, 4) is 0 Å². The highest BCUT2D eigenvalue weighted by molar-refractivity contribution is 6.24. The zero-order valence-corrected chi connectivity index (χ0v) is 21.1. The van der Waals surface area contributed by atoms with Gasteiger partial charge in [0.05, 0.1) is 5.92 Å². The van der Waals surface area contributed by atoms with Gasteiger partial charge in [0, 0.05) is 48.5 Å². The van der Waals surface area contributed by atoms with Crippen molar-refractivity contribution in [3.63, 3.8) is 0 Å². The fourth-order valence-corrected chi connectivity index (χ4v) is 4.50. The van der Waals surface area contributed by atoms with Crippen LogP contribution in [0, 0.1) is 0 Å². The lowest BCUT2D eigenvalue weighted by atomic mass is 10.00. The van der Waals surface area contributed by atoms with Crippen LogP contribution in [0.15, 0.2) is 72.9 Å². The number of primary amides is 1. The van der Waals surface area contributed by atoms with Gasteiger partial charge in [-0.1, -0.05) is 42.5 Å². The van der Waals surface area contributed by atoms with Crippen LogP contribution in [-0.4, -0.2) is 52.9 Å². The van der Waals surface area contributed by atoms with Gasteiger partial charge in [0.1, 0.15) is 11.5 Å². The summed E-state index contributed by atoms with van der Waals surface area (Å²) in [6.45, 7) is 3.16. The first kappa shape index (κ1) is 24.8. The number of benzene rings is 2. The average Bonchev–Trinajstić information content (AvgIpc) is 3.49. The molecule has 0 radical (unpaired) electrons. The highest BCUT2D eigenvalue weighted by atomic mass is 16.2. The number of carbonyl (C=O) groups is 3. The number of aromatic amines is 1. The molecular weight excluding hydrogens is 480 g/mol. The lowest BCUT2D eigenvalue weighted by Gasteiger charge is -2.17. The number of nitrogens with zero attached hydrogens (tertiary/aromatic N) is 3. The van der Waals surface area contributed by atoms with Gasteiger partial charge in [0.2, 0.25) is 11.8 Å². The molecule has 3 heterocycles. The van der Waals surface area contributed by atoms with Crippen LogP contribution < -0.4 is 16.0 Å². The summed E-state index contributed by atoms with van der Waals surface area (Å²) in [6.07, 6.45) is 3.48. The topological polar surface area (TPSA) is 124 Å². The summed E-state index contributed by atoms with van der Waals surface area (Å²) in [6, 6.07) is 20.2. The van der Waals surface area contributed by atoms with Gasteiger partial charge in [-0.15, -0.1) is 0 Å². The van der Waals surface area contributed by atoms with Gasteiger partial charge in [-0.2, -0.15) is 0 Å². The van der Waals surface area contributed by atoms with Crippen molar-refractivity contribution in [1.29, 1.82) is 0 Å². The average molecular weight is 509 g/mol. The zero-order chi connectivity index (χ0) is 26.8. The first-order valence-electron chi connectivity index (χ1n) is 12.3. The number of rotatable bonds is 7. The number of aromatic nitrogens is 2. The second-order valence-corrected chi connectivity index (χ2v) is 9.28. The van der Waals surface area contributed by atoms with Crippen LogP contribution >= 0.6 is 0 Å². The maximum absolute atomic E-state index is 13.0. The van der Waals surface area contributed by atoms with Crippen molar-refractivity contribution in [2.45, 2.75) is 12.8 Å². The van der Waals surface area contributed by atoms with Gasteiger partial charge in [-0.3, -0.25) is 14.5 Å². The summed E-state index contributed by atoms with van der Waals surface area (Å²) in [4.78, 5) is 48.3. The van der Waals surface area contributed by atoms with Crippen LogP contribution in [0.5, 0.6) is 0 Å². The fraction of sp³-hybridized carbons (Fsp3) is 0.172. The Morgan fingerprint density at radius 1 is 1.05 bits per heavy atom. The van der Waals surface area contributed by atoms with Gasteiger partial charge in [-0.05, 0) is 48.4 Å². The van der Waals surface area contributed by atoms with Gasteiger partial charge in [0.25, 0.3) is 0 Å². The van der Waals surface area contributed by atoms with E-state index in [1.54, 1.807) is 35.2 Å². The van der Waals surface area contributed by atoms with E-state index >= 15 is 0 Å². The number of pyridine rings is 1. The number of anilines is 2. The molecule has 1 aliphatic heterocycles. The quantitative estimate of drug-likeness (QED) is 0.324. The Balaban J connectivity index is 1.31. The molecule has 9 heteroatoms. The first-order valence-corrected chi connectivity index (χ1v) is 12.3. The summed E-state index contributed by atoms with van der Waals surface area (Å²) in [5.41, 5.74) is 9.74. The van der Waals surface area contributed by atoms with E-state index in [0.717, 1.165) is 27.8 Å². The number of carbonyl (C=O) groups excluding carboxylic acids is 3. The standard InChI is InChI=1S/C29H28N6O3/c1-18(19-8-10-22(11-9-19)35-15-14-34(2)29(35)38)28(37)33-25-13-12-23-21(17-31-27(23)32-25)16-24(26(30)36)20-6-4-3-5-7-20/h3-13,16-18H,14-15H2,1-2H3,(H2,30,36)(H2,31,32,33,37). The SMILES string of the molecule is CC(C(=O)Nc1ccc2c(C=C(C(N)=O)c3ccccc3)c[nH]c2n1)c1ccc(N2CCN(C)C2=O)cc1. The van der Waals surface area contributed by atoms with Crippen LogP contribution in [0.1, 0.15) is 29.5 Å². The summed E-state index contributed by atoms with van der Waals surface area (Å²) in [5, 5.41) is 3.67. The minimum atomic E-state index is -0.524. The lowest BCUT2D eigenvalue weighted by molar-refractivity contribution is -0.117. The Morgan fingerprint density at radius 2 is 1.79 bits per heavy atom. The third-order valence-corrected chi connectivity index (χ3v) is 6.79. The van der Waals surface area contributed by atoms with Crippen molar-refractivity contribution in [2.24, 2.45) is 5.73 Å². The van der Waals surface area contributed by atoms with Crippen LogP contribution in [0.2, 0.25) is 0 Å². The minimum Gasteiger partial charge on any atom is -0.366 e. The van der Waals surface area contributed by atoms with Crippen molar-refractivity contribution in [1.82, 2.24) is 14.9 Å². The molecular formula is C29H28N6O3. The Kier molecular flexibility index (Phi) is 6.66. The minimum absolute atomic E-state index is 0.0288. The molecule has 1 saturated heterocycles. The number of fused-ring (bicyclic) bond motifs is 1. The second-order valence-electron chi connectivity index (χ2n) is 9.28. The highest BCUT2D eigenvalue weighted by Crippen LogP contribution is 2.26. The Morgan fingerprint density at radius 3 is 2.45 bits per heavy atom. The van der Waals surface area contributed by atoms with E-state index in [4.69, 9.17) is 5.73 Å². The number of amides is 4. The number of urea groups is 1.